The molecule has 186 valence electrons. The molecule has 0 aliphatic carbocycles. The van der Waals surface area contributed by atoms with Crippen LogP contribution in [-0.4, -0.2) is 47.7 Å². The molecule has 0 radical (unpaired) electrons. The Morgan fingerprint density at radius 2 is 2.03 bits per heavy atom. The summed E-state index contributed by atoms with van der Waals surface area (Å²) in [5.41, 5.74) is 2.71. The zero-order chi connectivity index (χ0) is 24.6. The number of likely N-dealkylation sites (tertiary alicyclic amines) is 1. The number of aryl methyl sites for hydroxylation is 1. The maximum absolute atomic E-state index is 15.5. The summed E-state index contributed by atoms with van der Waals surface area (Å²) in [6.07, 6.45) is 4.74. The lowest BCUT2D eigenvalue weighted by molar-refractivity contribution is -0.139. The maximum Gasteiger partial charge on any atom is 0.303 e. The molecule has 1 aromatic heterocycles. The predicted octanol–water partition coefficient (Wildman–Crippen LogP) is 6.08. The Morgan fingerprint density at radius 1 is 1.20 bits per heavy atom. The summed E-state index contributed by atoms with van der Waals surface area (Å²) in [5.74, 6) is 0.187. The van der Waals surface area contributed by atoms with E-state index in [9.17, 15) is 9.90 Å². The maximum atomic E-state index is 15.5. The molecule has 6 heteroatoms. The molecule has 2 heterocycles. The highest BCUT2D eigenvalue weighted by atomic mass is 19.1. The van der Waals surface area contributed by atoms with Gasteiger partial charge in [-0.3, -0.25) is 9.78 Å². The number of piperidine rings is 1. The SMILES string of the molecule is COc1ccc2nccc([C@H](F)CC[C@@H]3CCN(CCCc4ccccc4)C[C@@H]3CC(=O)O)c2c1. The molecule has 3 atom stereocenters. The van der Waals surface area contributed by atoms with Crippen LogP contribution in [0, 0.1) is 11.8 Å². The molecule has 5 nitrogen and oxygen atoms in total. The van der Waals surface area contributed by atoms with Gasteiger partial charge in [-0.05, 0) is 92.4 Å². The highest BCUT2D eigenvalue weighted by Gasteiger charge is 2.31. The number of benzene rings is 2. The second kappa shape index (κ2) is 12.1. The van der Waals surface area contributed by atoms with E-state index in [1.807, 2.05) is 24.3 Å². The van der Waals surface area contributed by atoms with Gasteiger partial charge in [-0.2, -0.15) is 0 Å². The monoisotopic (exact) mass is 478 g/mol. The number of rotatable bonds is 11. The fourth-order valence-electron chi connectivity index (χ4n) is 5.41. The molecule has 0 unspecified atom stereocenters. The van der Waals surface area contributed by atoms with Crippen molar-refractivity contribution in [3.8, 4) is 5.75 Å². The summed E-state index contributed by atoms with van der Waals surface area (Å²) in [6, 6.07) is 17.7. The quantitative estimate of drug-likeness (QED) is 0.362. The number of carbonyl (C=O) groups is 1. The molecule has 0 bridgehead atoms. The number of ether oxygens (including phenoxy) is 1. The lowest BCUT2D eigenvalue weighted by atomic mass is 9.79. The van der Waals surface area contributed by atoms with E-state index in [1.54, 1.807) is 19.4 Å². The van der Waals surface area contributed by atoms with Crippen LogP contribution < -0.4 is 4.74 Å². The number of aliphatic carboxylic acids is 1. The van der Waals surface area contributed by atoms with Crippen molar-refractivity contribution >= 4 is 16.9 Å². The number of fused-ring (bicyclic) bond motifs is 1. The number of carboxylic acids is 1. The van der Waals surface area contributed by atoms with Gasteiger partial charge in [0.25, 0.3) is 0 Å². The van der Waals surface area contributed by atoms with Crippen LogP contribution >= 0.6 is 0 Å². The fraction of sp³-hybridized carbons (Fsp3) is 0.448. The molecule has 1 N–H and O–H groups in total. The zero-order valence-corrected chi connectivity index (χ0v) is 20.4. The van der Waals surface area contributed by atoms with E-state index in [0.29, 0.717) is 24.2 Å². The average Bonchev–Trinajstić information content (AvgIpc) is 2.87. The number of pyridine rings is 1. The van der Waals surface area contributed by atoms with E-state index in [0.717, 1.165) is 49.8 Å². The van der Waals surface area contributed by atoms with Crippen molar-refractivity contribution in [1.82, 2.24) is 9.88 Å². The molecular formula is C29H35FN2O3. The van der Waals surface area contributed by atoms with Crippen LogP contribution in [0.25, 0.3) is 10.9 Å². The van der Waals surface area contributed by atoms with Crippen LogP contribution in [0.5, 0.6) is 5.75 Å². The first-order valence-corrected chi connectivity index (χ1v) is 12.6. The first-order chi connectivity index (χ1) is 17.0. The molecule has 2 aromatic carbocycles. The van der Waals surface area contributed by atoms with Crippen molar-refractivity contribution in [2.75, 3.05) is 26.7 Å². The van der Waals surface area contributed by atoms with E-state index in [1.165, 1.54) is 5.56 Å². The van der Waals surface area contributed by atoms with E-state index in [2.05, 4.69) is 34.1 Å². The lowest BCUT2D eigenvalue weighted by Crippen LogP contribution is -2.42. The number of nitrogens with zero attached hydrogens (tertiary/aromatic N) is 2. The Hall–Kier alpha value is -2.99. The molecule has 1 saturated heterocycles. The molecule has 0 saturated carbocycles. The first kappa shape index (κ1) is 25.1. The van der Waals surface area contributed by atoms with Crippen molar-refractivity contribution in [3.05, 3.63) is 71.9 Å². The Balaban J connectivity index is 1.35. The standard InChI is InChI=1S/C29H35FN2O3/c1-35-24-10-12-28-26(19-24)25(13-15-31-28)27(30)11-9-22-14-17-32(20-23(22)18-29(33)34)16-5-8-21-6-3-2-4-7-21/h2-4,6-7,10,12-13,15,19,22-23,27H,5,8-9,11,14,16-18,20H2,1H3,(H,33,34)/t22-,23+,27-/m1/s1. The topological polar surface area (TPSA) is 62.7 Å². The highest BCUT2D eigenvalue weighted by molar-refractivity contribution is 5.83. The molecular weight excluding hydrogens is 443 g/mol. The minimum atomic E-state index is -1.12. The van der Waals surface area contributed by atoms with Crippen LogP contribution in [0.2, 0.25) is 0 Å². The van der Waals surface area contributed by atoms with Crippen LogP contribution in [0.1, 0.15) is 49.4 Å². The smallest absolute Gasteiger partial charge is 0.303 e. The van der Waals surface area contributed by atoms with E-state index in [4.69, 9.17) is 4.74 Å². The summed E-state index contributed by atoms with van der Waals surface area (Å²) in [4.78, 5) is 18.3. The highest BCUT2D eigenvalue weighted by Crippen LogP contribution is 2.36. The van der Waals surface area contributed by atoms with E-state index >= 15 is 4.39 Å². The van der Waals surface area contributed by atoms with Gasteiger partial charge in [0.1, 0.15) is 11.9 Å². The number of methoxy groups -OCH3 is 1. The third kappa shape index (κ3) is 6.79. The van der Waals surface area contributed by atoms with Gasteiger partial charge in [0.2, 0.25) is 0 Å². The number of aromatic nitrogens is 1. The molecule has 35 heavy (non-hydrogen) atoms. The third-order valence-electron chi connectivity index (χ3n) is 7.31. The van der Waals surface area contributed by atoms with Crippen molar-refractivity contribution in [1.29, 1.82) is 0 Å². The molecule has 1 aliphatic rings. The molecule has 0 amide bonds. The second-order valence-corrected chi connectivity index (χ2v) is 9.62. The average molecular weight is 479 g/mol. The number of halogens is 1. The Morgan fingerprint density at radius 3 is 2.80 bits per heavy atom. The Kier molecular flexibility index (Phi) is 8.69. The van der Waals surface area contributed by atoms with Gasteiger partial charge in [0.15, 0.2) is 0 Å². The number of hydrogen-bond acceptors (Lipinski definition) is 4. The van der Waals surface area contributed by atoms with Gasteiger partial charge in [-0.1, -0.05) is 30.3 Å². The van der Waals surface area contributed by atoms with Gasteiger partial charge < -0.3 is 14.7 Å². The third-order valence-corrected chi connectivity index (χ3v) is 7.31. The molecule has 4 rings (SSSR count). The van der Waals surface area contributed by atoms with Crippen LogP contribution in [0.15, 0.2) is 60.8 Å². The summed E-state index contributed by atoms with van der Waals surface area (Å²) >= 11 is 0. The molecule has 1 fully saturated rings. The lowest BCUT2D eigenvalue weighted by Gasteiger charge is -2.38. The normalized spacial score (nSPS) is 19.5. The minimum absolute atomic E-state index is 0.0550. The van der Waals surface area contributed by atoms with Crippen molar-refractivity contribution in [2.24, 2.45) is 11.8 Å². The number of carboxylic acid groups (broad SMARTS) is 1. The Labute approximate surface area is 206 Å². The van der Waals surface area contributed by atoms with Gasteiger partial charge in [0, 0.05) is 24.5 Å². The molecule has 1 aliphatic heterocycles. The number of alkyl halides is 1. The minimum Gasteiger partial charge on any atom is -0.497 e. The van der Waals surface area contributed by atoms with Crippen LogP contribution in [0.4, 0.5) is 4.39 Å². The van der Waals surface area contributed by atoms with Gasteiger partial charge in [-0.25, -0.2) is 4.39 Å². The van der Waals surface area contributed by atoms with E-state index < -0.39 is 12.1 Å². The Bertz CT molecular complexity index is 1110. The number of hydrogen-bond donors (Lipinski definition) is 1. The summed E-state index contributed by atoms with van der Waals surface area (Å²) in [5, 5.41) is 10.3. The van der Waals surface area contributed by atoms with E-state index in [-0.39, 0.29) is 18.3 Å². The van der Waals surface area contributed by atoms with Gasteiger partial charge >= 0.3 is 5.97 Å². The van der Waals surface area contributed by atoms with Crippen LogP contribution in [-0.2, 0) is 11.2 Å². The van der Waals surface area contributed by atoms with Crippen molar-refractivity contribution in [2.45, 2.75) is 44.7 Å². The largest absolute Gasteiger partial charge is 0.497 e. The molecule has 3 aromatic rings. The van der Waals surface area contributed by atoms with Crippen LogP contribution in [0.3, 0.4) is 0 Å². The first-order valence-electron chi connectivity index (χ1n) is 12.6. The zero-order valence-electron chi connectivity index (χ0n) is 20.4. The van der Waals surface area contributed by atoms with Gasteiger partial charge in [0.05, 0.1) is 12.6 Å². The van der Waals surface area contributed by atoms with Crippen molar-refractivity contribution in [3.63, 3.8) is 0 Å². The molecule has 0 spiro atoms. The summed E-state index contributed by atoms with van der Waals surface area (Å²) < 4.78 is 20.8. The second-order valence-electron chi connectivity index (χ2n) is 9.62. The van der Waals surface area contributed by atoms with Gasteiger partial charge in [-0.15, -0.1) is 0 Å². The fourth-order valence-corrected chi connectivity index (χ4v) is 5.41. The predicted molar refractivity (Wildman–Crippen MR) is 136 cm³/mol. The summed E-state index contributed by atoms with van der Waals surface area (Å²) in [6.45, 7) is 2.69. The van der Waals surface area contributed by atoms with Crippen molar-refractivity contribution < 1.29 is 19.0 Å². The summed E-state index contributed by atoms with van der Waals surface area (Å²) in [7, 11) is 1.60.